The van der Waals surface area contributed by atoms with Crippen LogP contribution in [0, 0.1) is 0 Å². The second-order valence-corrected chi connectivity index (χ2v) is 9.76. The molecule has 0 saturated heterocycles. The molecule has 0 aliphatic carbocycles. The van der Waals surface area contributed by atoms with Crippen LogP contribution in [0.3, 0.4) is 0 Å². The highest BCUT2D eigenvalue weighted by molar-refractivity contribution is 9.10. The highest BCUT2D eigenvalue weighted by atomic mass is 79.9. The number of carbonyl (C=O) groups excluding carboxylic acids is 1. The smallest absolute Gasteiger partial charge is 0.251 e. The van der Waals surface area contributed by atoms with Gasteiger partial charge < -0.3 is 24.6 Å². The van der Waals surface area contributed by atoms with Crippen molar-refractivity contribution in [2.75, 3.05) is 33.5 Å². The van der Waals surface area contributed by atoms with Crippen molar-refractivity contribution in [3.63, 3.8) is 0 Å². The fourth-order valence-corrected chi connectivity index (χ4v) is 4.35. The molecule has 0 unspecified atom stereocenters. The van der Waals surface area contributed by atoms with E-state index in [4.69, 9.17) is 24.3 Å². The standard InChI is InChI=1S/C29H31BrN2O5/c1-35-26-5-2-4-21(18-26)14-15-31-28(34)29(19-22-6-10-24(30)11-7-22)20-37-27(32-29)23-8-12-25(13-9-23)36-17-3-16-33/h2,4-13,18,33H,3,14-17,19-20H2,1H3,(H,31,34)/t29-/m1/s1. The SMILES string of the molecule is COc1cccc(CCNC(=O)[C@@]2(Cc3ccc(Br)cc3)COC(c3ccc(OCCCO)cc3)=N2)c1. The van der Waals surface area contributed by atoms with Gasteiger partial charge >= 0.3 is 0 Å². The van der Waals surface area contributed by atoms with Crippen LogP contribution in [0.5, 0.6) is 11.5 Å². The molecular weight excluding hydrogens is 536 g/mol. The number of aliphatic hydroxyl groups excluding tert-OH is 1. The molecule has 0 radical (unpaired) electrons. The molecule has 0 saturated carbocycles. The second-order valence-electron chi connectivity index (χ2n) is 8.85. The first-order valence-electron chi connectivity index (χ1n) is 12.2. The Hall–Kier alpha value is -3.36. The zero-order valence-electron chi connectivity index (χ0n) is 20.8. The summed E-state index contributed by atoms with van der Waals surface area (Å²) in [6.07, 6.45) is 1.66. The van der Waals surface area contributed by atoms with Gasteiger partial charge in [0.25, 0.3) is 5.91 Å². The maximum absolute atomic E-state index is 13.6. The summed E-state index contributed by atoms with van der Waals surface area (Å²) in [5, 5.41) is 12.0. The minimum Gasteiger partial charge on any atom is -0.497 e. The third-order valence-electron chi connectivity index (χ3n) is 6.10. The molecule has 2 N–H and O–H groups in total. The van der Waals surface area contributed by atoms with E-state index in [1.807, 2.05) is 72.8 Å². The normalized spacial score (nSPS) is 16.6. The van der Waals surface area contributed by atoms with Crippen molar-refractivity contribution in [2.45, 2.75) is 24.8 Å². The Labute approximate surface area is 225 Å². The number of carbonyl (C=O) groups is 1. The van der Waals surface area contributed by atoms with E-state index in [1.165, 1.54) is 0 Å². The minimum absolute atomic E-state index is 0.0881. The van der Waals surface area contributed by atoms with E-state index in [-0.39, 0.29) is 19.1 Å². The predicted octanol–water partition coefficient (Wildman–Crippen LogP) is 4.34. The number of amides is 1. The van der Waals surface area contributed by atoms with Crippen LogP contribution in [0.25, 0.3) is 0 Å². The number of ether oxygens (including phenoxy) is 3. The number of methoxy groups -OCH3 is 1. The number of nitrogens with one attached hydrogen (secondary N) is 1. The van der Waals surface area contributed by atoms with Gasteiger partial charge in [-0.3, -0.25) is 4.79 Å². The summed E-state index contributed by atoms with van der Waals surface area (Å²) in [5.74, 6) is 1.75. The molecule has 0 bridgehead atoms. The first kappa shape index (κ1) is 26.7. The number of rotatable bonds is 12. The topological polar surface area (TPSA) is 89.4 Å². The third-order valence-corrected chi connectivity index (χ3v) is 6.63. The zero-order chi connectivity index (χ0) is 26.1. The van der Waals surface area contributed by atoms with Crippen molar-refractivity contribution in [3.05, 3.63) is 94.0 Å². The molecule has 1 aliphatic rings. The number of benzene rings is 3. The number of halogens is 1. The molecular formula is C29H31BrN2O5. The van der Waals surface area contributed by atoms with Crippen LogP contribution in [0.1, 0.15) is 23.1 Å². The van der Waals surface area contributed by atoms with E-state index in [9.17, 15) is 4.79 Å². The predicted molar refractivity (Wildman–Crippen MR) is 146 cm³/mol. The number of hydrogen-bond donors (Lipinski definition) is 2. The van der Waals surface area contributed by atoms with Crippen LogP contribution in [0.15, 0.2) is 82.3 Å². The van der Waals surface area contributed by atoms with Crippen molar-refractivity contribution in [1.29, 1.82) is 0 Å². The van der Waals surface area contributed by atoms with Crippen molar-refractivity contribution in [3.8, 4) is 11.5 Å². The van der Waals surface area contributed by atoms with E-state index in [0.717, 1.165) is 26.9 Å². The van der Waals surface area contributed by atoms with Gasteiger partial charge in [0.05, 0.1) is 13.7 Å². The molecule has 4 rings (SSSR count). The molecule has 8 heteroatoms. The van der Waals surface area contributed by atoms with E-state index in [2.05, 4.69) is 21.2 Å². The molecule has 0 aromatic heterocycles. The monoisotopic (exact) mass is 566 g/mol. The largest absolute Gasteiger partial charge is 0.497 e. The fourth-order valence-electron chi connectivity index (χ4n) is 4.08. The summed E-state index contributed by atoms with van der Waals surface area (Å²) in [6, 6.07) is 23.1. The summed E-state index contributed by atoms with van der Waals surface area (Å²) < 4.78 is 17.9. The molecule has 194 valence electrons. The van der Waals surface area contributed by atoms with Crippen LogP contribution in [-0.4, -0.2) is 55.9 Å². The Morgan fingerprint density at radius 3 is 2.59 bits per heavy atom. The third kappa shape index (κ3) is 7.11. The average molecular weight is 567 g/mol. The van der Waals surface area contributed by atoms with Gasteiger partial charge in [0.2, 0.25) is 5.90 Å². The Kier molecular flexibility index (Phi) is 9.19. The lowest BCUT2D eigenvalue weighted by Gasteiger charge is -2.23. The Bertz CT molecular complexity index is 1210. The molecule has 1 aliphatic heterocycles. The molecule has 7 nitrogen and oxygen atoms in total. The summed E-state index contributed by atoms with van der Waals surface area (Å²) >= 11 is 3.47. The van der Waals surface area contributed by atoms with Gasteiger partial charge in [-0.1, -0.05) is 40.2 Å². The first-order chi connectivity index (χ1) is 18.0. The zero-order valence-corrected chi connectivity index (χ0v) is 22.4. The number of hydrogen-bond acceptors (Lipinski definition) is 6. The van der Waals surface area contributed by atoms with Crippen LogP contribution in [0.2, 0.25) is 0 Å². The van der Waals surface area contributed by atoms with Crippen molar-refractivity contribution in [2.24, 2.45) is 4.99 Å². The lowest BCUT2D eigenvalue weighted by atomic mass is 9.91. The van der Waals surface area contributed by atoms with Crippen LogP contribution in [-0.2, 0) is 22.4 Å². The molecule has 1 heterocycles. The van der Waals surface area contributed by atoms with Crippen molar-refractivity contribution >= 4 is 27.7 Å². The number of nitrogens with zero attached hydrogens (tertiary/aromatic N) is 1. The first-order valence-corrected chi connectivity index (χ1v) is 13.0. The van der Waals surface area contributed by atoms with Gasteiger partial charge in [-0.15, -0.1) is 0 Å². The minimum atomic E-state index is -1.08. The highest BCUT2D eigenvalue weighted by Crippen LogP contribution is 2.28. The van der Waals surface area contributed by atoms with Gasteiger partial charge in [0.1, 0.15) is 18.1 Å². The van der Waals surface area contributed by atoms with E-state index in [1.54, 1.807) is 7.11 Å². The lowest BCUT2D eigenvalue weighted by Crippen LogP contribution is -2.48. The fraction of sp³-hybridized carbons (Fsp3) is 0.310. The molecule has 0 fully saturated rings. The molecule has 3 aromatic carbocycles. The Balaban J connectivity index is 1.50. The summed E-state index contributed by atoms with van der Waals surface area (Å²) in [4.78, 5) is 18.4. The van der Waals surface area contributed by atoms with Gasteiger partial charge in [-0.2, -0.15) is 0 Å². The highest BCUT2D eigenvalue weighted by Gasteiger charge is 2.44. The quantitative estimate of drug-likeness (QED) is 0.318. The average Bonchev–Trinajstić information content (AvgIpc) is 3.36. The van der Waals surface area contributed by atoms with Gasteiger partial charge in [0, 0.05) is 36.0 Å². The maximum atomic E-state index is 13.6. The summed E-state index contributed by atoms with van der Waals surface area (Å²) in [5.41, 5.74) is 1.77. The van der Waals surface area contributed by atoms with Crippen LogP contribution < -0.4 is 14.8 Å². The number of aliphatic hydroxyl groups is 1. The summed E-state index contributed by atoms with van der Waals surface area (Å²) in [6.45, 7) is 1.15. The van der Waals surface area contributed by atoms with Gasteiger partial charge in [0.15, 0.2) is 5.54 Å². The lowest BCUT2D eigenvalue weighted by molar-refractivity contribution is -0.126. The Morgan fingerprint density at radius 1 is 1.08 bits per heavy atom. The Morgan fingerprint density at radius 2 is 1.86 bits per heavy atom. The molecule has 0 spiro atoms. The maximum Gasteiger partial charge on any atom is 0.251 e. The van der Waals surface area contributed by atoms with E-state index >= 15 is 0 Å². The second kappa shape index (κ2) is 12.7. The van der Waals surface area contributed by atoms with Gasteiger partial charge in [-0.05, 0) is 66.1 Å². The van der Waals surface area contributed by atoms with E-state index in [0.29, 0.717) is 44.1 Å². The van der Waals surface area contributed by atoms with Gasteiger partial charge in [-0.25, -0.2) is 4.99 Å². The summed E-state index contributed by atoms with van der Waals surface area (Å²) in [7, 11) is 1.64. The molecule has 1 amide bonds. The van der Waals surface area contributed by atoms with E-state index < -0.39 is 5.54 Å². The van der Waals surface area contributed by atoms with Crippen LogP contribution >= 0.6 is 15.9 Å². The van der Waals surface area contributed by atoms with Crippen molar-refractivity contribution < 1.29 is 24.1 Å². The van der Waals surface area contributed by atoms with Crippen molar-refractivity contribution in [1.82, 2.24) is 5.32 Å². The van der Waals surface area contributed by atoms with Crippen LogP contribution in [0.4, 0.5) is 0 Å². The molecule has 37 heavy (non-hydrogen) atoms. The number of aliphatic imine (C=N–C) groups is 1. The molecule has 3 aromatic rings. The molecule has 1 atom stereocenters.